The van der Waals surface area contributed by atoms with Gasteiger partial charge in [-0.25, -0.2) is 19.6 Å². The summed E-state index contributed by atoms with van der Waals surface area (Å²) in [5.41, 5.74) is 5.60. The molecule has 4 N–H and O–H groups in total. The minimum Gasteiger partial charge on any atom is -0.457 e. The number of carbonyl (C=O) groups is 4. The van der Waals surface area contributed by atoms with Crippen LogP contribution in [-0.4, -0.2) is 93.1 Å². The zero-order chi connectivity index (χ0) is 41.1. The van der Waals surface area contributed by atoms with Gasteiger partial charge in [0.2, 0.25) is 11.8 Å². The first-order valence-electron chi connectivity index (χ1n) is 20.4. The van der Waals surface area contributed by atoms with Crippen molar-refractivity contribution in [3.63, 3.8) is 0 Å². The number of fused-ring (bicyclic) bond motifs is 2. The van der Waals surface area contributed by atoms with Crippen molar-refractivity contribution in [2.24, 2.45) is 11.8 Å². The first kappa shape index (κ1) is 40.3. The van der Waals surface area contributed by atoms with Crippen LogP contribution in [-0.2, 0) is 25.5 Å². The standard InChI is InChI=1S/C43H54N8O7/c1-7-24(3)36(48-42(54)56-5)40(52)50-17-9-11-32(50)31-23-44-38(47-31)28-14-13-27-20-29-19-26(15-16-34(29)58-35(27)21-28)30-22-45-39(46-30)33-12-10-18-51(33)41(53)37(25(4)8-2)49-43(55)57-6/h13-16,19,21-25,32-33,36-37H,7-12,17-18,20H2,1-6H3,(H,44,47)(H,45,46)(H,48,54)(H,49,55)/t24-,25-,32-,33-,36-,37-/m0/s1. The van der Waals surface area contributed by atoms with E-state index in [9.17, 15) is 19.2 Å². The van der Waals surface area contributed by atoms with Gasteiger partial charge in [-0.3, -0.25) is 9.59 Å². The minimum absolute atomic E-state index is 0.0602. The molecule has 15 heteroatoms. The van der Waals surface area contributed by atoms with Crippen molar-refractivity contribution in [3.8, 4) is 34.1 Å². The quantitative estimate of drug-likeness (QED) is 0.103. The highest BCUT2D eigenvalue weighted by atomic mass is 16.5. The van der Waals surface area contributed by atoms with Gasteiger partial charge in [-0.05, 0) is 72.9 Å². The van der Waals surface area contributed by atoms with Crippen LogP contribution in [0, 0.1) is 11.8 Å². The summed E-state index contributed by atoms with van der Waals surface area (Å²) in [5.74, 6) is 2.55. The lowest BCUT2D eigenvalue weighted by atomic mass is 9.96. The van der Waals surface area contributed by atoms with E-state index in [1.165, 1.54) is 14.2 Å². The molecule has 2 aromatic carbocycles. The van der Waals surface area contributed by atoms with Crippen LogP contribution in [0.25, 0.3) is 22.6 Å². The molecule has 15 nitrogen and oxygen atoms in total. The molecule has 0 bridgehead atoms. The van der Waals surface area contributed by atoms with Crippen LogP contribution in [0.15, 0.2) is 48.8 Å². The number of likely N-dealkylation sites (tertiary alicyclic amines) is 2. The van der Waals surface area contributed by atoms with Crippen molar-refractivity contribution in [1.29, 1.82) is 0 Å². The Balaban J connectivity index is 1.03. The summed E-state index contributed by atoms with van der Waals surface area (Å²) in [6, 6.07) is 10.4. The number of imidazole rings is 2. The molecular weight excluding hydrogens is 741 g/mol. The number of nitrogens with zero attached hydrogens (tertiary/aromatic N) is 4. The van der Waals surface area contributed by atoms with Crippen molar-refractivity contribution in [2.75, 3.05) is 27.3 Å². The molecule has 4 amide bonds. The van der Waals surface area contributed by atoms with Crippen LogP contribution in [0.4, 0.5) is 9.59 Å². The van der Waals surface area contributed by atoms with Gasteiger partial charge in [0.15, 0.2) is 0 Å². The Morgan fingerprint density at radius 3 is 2.03 bits per heavy atom. The maximum Gasteiger partial charge on any atom is 0.407 e. The van der Waals surface area contributed by atoms with Gasteiger partial charge in [0.1, 0.15) is 35.2 Å². The molecule has 2 saturated heterocycles. The van der Waals surface area contributed by atoms with Gasteiger partial charge in [-0.2, -0.15) is 0 Å². The molecule has 0 unspecified atom stereocenters. The molecule has 58 heavy (non-hydrogen) atoms. The number of hydrogen-bond donors (Lipinski definition) is 4. The molecule has 0 radical (unpaired) electrons. The van der Waals surface area contributed by atoms with Gasteiger partial charge >= 0.3 is 12.2 Å². The molecule has 0 spiro atoms. The fourth-order valence-electron chi connectivity index (χ4n) is 8.32. The predicted octanol–water partition coefficient (Wildman–Crippen LogP) is 7.03. The number of methoxy groups -OCH3 is 2. The molecule has 0 saturated carbocycles. The van der Waals surface area contributed by atoms with Crippen molar-refractivity contribution < 1.29 is 33.4 Å². The number of aromatic nitrogens is 4. The molecule has 3 aliphatic heterocycles. The maximum absolute atomic E-state index is 13.8. The number of hydrogen-bond acceptors (Lipinski definition) is 9. The average Bonchev–Trinajstić information content (AvgIpc) is 4.09. The Kier molecular flexibility index (Phi) is 12.1. The molecule has 0 aliphatic carbocycles. The summed E-state index contributed by atoms with van der Waals surface area (Å²) in [7, 11) is 2.60. The Hall–Kier alpha value is -5.86. The average molecular weight is 795 g/mol. The molecule has 3 aliphatic rings. The van der Waals surface area contributed by atoms with Crippen LogP contribution in [0.2, 0.25) is 0 Å². The van der Waals surface area contributed by atoms with E-state index >= 15 is 0 Å². The lowest BCUT2D eigenvalue weighted by Crippen LogP contribution is -2.51. The van der Waals surface area contributed by atoms with Crippen LogP contribution < -0.4 is 15.4 Å². The highest BCUT2D eigenvalue weighted by Crippen LogP contribution is 2.41. The molecule has 308 valence electrons. The van der Waals surface area contributed by atoms with E-state index < -0.39 is 24.3 Å². The Labute approximate surface area is 338 Å². The summed E-state index contributed by atoms with van der Waals surface area (Å²) < 4.78 is 16.1. The zero-order valence-electron chi connectivity index (χ0n) is 34.1. The topological polar surface area (TPSA) is 184 Å². The van der Waals surface area contributed by atoms with Gasteiger partial charge in [-0.15, -0.1) is 0 Å². The number of benzene rings is 2. The van der Waals surface area contributed by atoms with E-state index in [-0.39, 0.29) is 35.7 Å². The van der Waals surface area contributed by atoms with Gasteiger partial charge in [0, 0.05) is 30.6 Å². The molecule has 2 aromatic heterocycles. The third kappa shape index (κ3) is 8.12. The van der Waals surface area contributed by atoms with Crippen molar-refractivity contribution in [1.82, 2.24) is 40.4 Å². The smallest absolute Gasteiger partial charge is 0.407 e. The van der Waals surface area contributed by atoms with Crippen molar-refractivity contribution >= 4 is 24.0 Å². The van der Waals surface area contributed by atoms with Crippen molar-refractivity contribution in [2.45, 2.75) is 96.8 Å². The second-order valence-electron chi connectivity index (χ2n) is 15.7. The van der Waals surface area contributed by atoms with E-state index in [2.05, 4.69) is 32.7 Å². The fourth-order valence-corrected chi connectivity index (χ4v) is 8.32. The lowest BCUT2D eigenvalue weighted by molar-refractivity contribution is -0.136. The highest BCUT2D eigenvalue weighted by Gasteiger charge is 2.39. The molecule has 4 aromatic rings. The van der Waals surface area contributed by atoms with Gasteiger partial charge < -0.3 is 44.6 Å². The Bertz CT molecular complexity index is 2000. The molecule has 6 atom stereocenters. The van der Waals surface area contributed by atoms with E-state index in [1.807, 2.05) is 68.0 Å². The van der Waals surface area contributed by atoms with Gasteiger partial charge in [0.05, 0.1) is 50.1 Å². The SMILES string of the molecule is CC[C@H](C)[C@H](NC(=O)OC)C(=O)N1CCC[C@H]1c1cnc(-c2ccc3c(c2)Oc2ccc(-c4cnc([C@@H]5CCCN5C(=O)[C@@H](NC(=O)OC)[C@@H](C)CC)[nH]4)cc2C3)[nH]1. The summed E-state index contributed by atoms with van der Waals surface area (Å²) in [6.07, 6.45) is 7.75. The number of alkyl carbamates (subject to hydrolysis) is 2. The molecule has 2 fully saturated rings. The monoisotopic (exact) mass is 794 g/mol. The van der Waals surface area contributed by atoms with Gasteiger partial charge in [0.25, 0.3) is 0 Å². The summed E-state index contributed by atoms with van der Waals surface area (Å²) >= 11 is 0. The second-order valence-corrected chi connectivity index (χ2v) is 15.7. The number of carbonyl (C=O) groups excluding carboxylic acids is 4. The second kappa shape index (κ2) is 17.3. The minimum atomic E-state index is -0.685. The van der Waals surface area contributed by atoms with E-state index in [0.717, 1.165) is 83.7 Å². The van der Waals surface area contributed by atoms with E-state index in [4.69, 9.17) is 24.2 Å². The third-order valence-electron chi connectivity index (χ3n) is 12.1. The predicted molar refractivity (Wildman–Crippen MR) is 216 cm³/mol. The highest BCUT2D eigenvalue weighted by molar-refractivity contribution is 5.87. The summed E-state index contributed by atoms with van der Waals surface area (Å²) in [6.45, 7) is 9.09. The van der Waals surface area contributed by atoms with Crippen LogP contribution in [0.3, 0.4) is 0 Å². The van der Waals surface area contributed by atoms with Gasteiger partial charge in [-0.1, -0.05) is 52.7 Å². The maximum atomic E-state index is 13.8. The summed E-state index contributed by atoms with van der Waals surface area (Å²) in [4.78, 5) is 71.8. The lowest BCUT2D eigenvalue weighted by Gasteiger charge is -2.31. The number of ether oxygens (including phenoxy) is 3. The largest absolute Gasteiger partial charge is 0.457 e. The Morgan fingerprint density at radius 2 is 1.40 bits per heavy atom. The van der Waals surface area contributed by atoms with Crippen LogP contribution in [0.5, 0.6) is 11.5 Å². The van der Waals surface area contributed by atoms with Crippen LogP contribution in [0.1, 0.15) is 101 Å². The number of rotatable bonds is 12. The zero-order valence-corrected chi connectivity index (χ0v) is 34.1. The number of aromatic amines is 2. The number of amides is 4. The fraction of sp³-hybridized carbons (Fsp3) is 0.488. The normalized spacial score (nSPS) is 19.3. The first-order chi connectivity index (χ1) is 28.0. The Morgan fingerprint density at radius 1 is 0.776 bits per heavy atom. The third-order valence-corrected chi connectivity index (χ3v) is 12.1. The van der Waals surface area contributed by atoms with Crippen molar-refractivity contribution in [3.05, 3.63) is 71.4 Å². The van der Waals surface area contributed by atoms with E-state index in [1.54, 1.807) is 6.20 Å². The first-order valence-corrected chi connectivity index (χ1v) is 20.4. The summed E-state index contributed by atoms with van der Waals surface area (Å²) in [5, 5.41) is 5.50. The molecular formula is C43H54N8O7. The number of nitrogens with one attached hydrogen (secondary N) is 4. The van der Waals surface area contributed by atoms with Crippen LogP contribution >= 0.6 is 0 Å². The number of H-pyrrole nitrogens is 2. The molecule has 7 rings (SSSR count). The van der Waals surface area contributed by atoms with E-state index in [0.29, 0.717) is 31.2 Å². The molecule has 5 heterocycles.